The summed E-state index contributed by atoms with van der Waals surface area (Å²) in [4.78, 5) is 12.4. The lowest BCUT2D eigenvalue weighted by molar-refractivity contribution is 0.0930. The molecule has 1 aromatic rings. The largest absolute Gasteiger partial charge is 0.351 e. The van der Waals surface area contributed by atoms with Crippen LogP contribution in [0.25, 0.3) is 0 Å². The molecular formula is C17H26ClNO. The lowest BCUT2D eigenvalue weighted by Crippen LogP contribution is -2.38. The third kappa shape index (κ3) is 3.76. The summed E-state index contributed by atoms with van der Waals surface area (Å²) in [5, 5.41) is 3.07. The smallest absolute Gasteiger partial charge is 0.251 e. The summed E-state index contributed by atoms with van der Waals surface area (Å²) in [6.45, 7) is 10.9. The van der Waals surface area contributed by atoms with Gasteiger partial charge < -0.3 is 5.32 Å². The van der Waals surface area contributed by atoms with Crippen LogP contribution in [0.2, 0.25) is 0 Å². The minimum absolute atomic E-state index is 0.00369. The average molecular weight is 296 g/mol. The van der Waals surface area contributed by atoms with Crippen LogP contribution in [-0.2, 0) is 0 Å². The van der Waals surface area contributed by atoms with E-state index in [2.05, 4.69) is 31.3 Å². The number of rotatable bonds is 6. The maximum Gasteiger partial charge on any atom is 0.251 e. The minimum Gasteiger partial charge on any atom is -0.351 e. The second kappa shape index (κ2) is 7.12. The molecule has 0 atom stereocenters. The van der Waals surface area contributed by atoms with Crippen molar-refractivity contribution in [2.75, 3.05) is 12.4 Å². The van der Waals surface area contributed by atoms with Gasteiger partial charge in [0.05, 0.1) is 0 Å². The molecule has 112 valence electrons. The number of benzene rings is 1. The fourth-order valence-electron chi connectivity index (χ4n) is 2.63. The molecule has 1 amide bonds. The van der Waals surface area contributed by atoms with Crippen LogP contribution in [0.15, 0.2) is 12.1 Å². The Morgan fingerprint density at radius 2 is 1.65 bits per heavy atom. The van der Waals surface area contributed by atoms with Crippen molar-refractivity contribution in [2.45, 2.75) is 47.5 Å². The molecule has 0 saturated heterocycles. The van der Waals surface area contributed by atoms with Gasteiger partial charge in [-0.3, -0.25) is 4.79 Å². The Bertz CT molecular complexity index is 447. The molecule has 0 aliphatic carbocycles. The van der Waals surface area contributed by atoms with Gasteiger partial charge in [0, 0.05) is 23.4 Å². The van der Waals surface area contributed by atoms with Crippen molar-refractivity contribution in [3.63, 3.8) is 0 Å². The molecule has 0 fully saturated rings. The molecular weight excluding hydrogens is 270 g/mol. The number of amides is 1. The third-order valence-electron chi connectivity index (χ3n) is 4.31. The Kier molecular flexibility index (Phi) is 6.07. The zero-order valence-electron chi connectivity index (χ0n) is 13.3. The van der Waals surface area contributed by atoms with E-state index in [9.17, 15) is 4.79 Å². The molecule has 0 radical (unpaired) electrons. The Morgan fingerprint density at radius 3 is 2.05 bits per heavy atom. The molecule has 2 nitrogen and oxygen atoms in total. The summed E-state index contributed by atoms with van der Waals surface area (Å²) < 4.78 is 0. The predicted molar refractivity (Wildman–Crippen MR) is 86.7 cm³/mol. The lowest BCUT2D eigenvalue weighted by Gasteiger charge is -2.29. The zero-order valence-corrected chi connectivity index (χ0v) is 14.0. The molecule has 0 aliphatic heterocycles. The number of hydrogen-bond acceptors (Lipinski definition) is 1. The number of nitrogens with one attached hydrogen (secondary N) is 1. The fourth-order valence-corrected chi connectivity index (χ4v) is 3.10. The second-order valence-corrected chi connectivity index (χ2v) is 6.06. The molecule has 0 bridgehead atoms. The van der Waals surface area contributed by atoms with Crippen LogP contribution in [0.5, 0.6) is 0 Å². The van der Waals surface area contributed by atoms with Crippen LogP contribution in [0.1, 0.15) is 53.7 Å². The first-order valence-electron chi connectivity index (χ1n) is 7.31. The van der Waals surface area contributed by atoms with E-state index < -0.39 is 0 Å². The molecule has 3 heteroatoms. The number of carbonyl (C=O) groups excluding carboxylic acids is 1. The summed E-state index contributed by atoms with van der Waals surface area (Å²) in [5.74, 6) is 0.586. The SMILES string of the molecule is CCC(CC)(CCl)CNC(=O)c1c(C)cc(C)cc1C. The summed E-state index contributed by atoms with van der Waals surface area (Å²) >= 11 is 6.09. The van der Waals surface area contributed by atoms with E-state index in [0.29, 0.717) is 12.4 Å². The van der Waals surface area contributed by atoms with Gasteiger partial charge in [-0.25, -0.2) is 0 Å². The molecule has 1 rings (SSSR count). The normalized spacial score (nSPS) is 11.5. The van der Waals surface area contributed by atoms with Crippen molar-refractivity contribution >= 4 is 17.5 Å². The van der Waals surface area contributed by atoms with Crippen molar-refractivity contribution in [1.29, 1.82) is 0 Å². The first-order chi connectivity index (χ1) is 9.39. The number of alkyl halides is 1. The van der Waals surface area contributed by atoms with Crippen LogP contribution >= 0.6 is 11.6 Å². The highest BCUT2D eigenvalue weighted by Gasteiger charge is 2.26. The molecule has 20 heavy (non-hydrogen) atoms. The van der Waals surface area contributed by atoms with Crippen LogP contribution in [0.4, 0.5) is 0 Å². The Balaban J connectivity index is 2.88. The summed E-state index contributed by atoms with van der Waals surface area (Å²) in [5.41, 5.74) is 4.05. The quantitative estimate of drug-likeness (QED) is 0.775. The van der Waals surface area contributed by atoms with E-state index in [4.69, 9.17) is 11.6 Å². The summed E-state index contributed by atoms with van der Waals surface area (Å²) in [6.07, 6.45) is 1.94. The van der Waals surface area contributed by atoms with Crippen molar-refractivity contribution in [3.05, 3.63) is 34.4 Å². The monoisotopic (exact) mass is 295 g/mol. The van der Waals surface area contributed by atoms with Crippen LogP contribution in [0.3, 0.4) is 0 Å². The van der Waals surface area contributed by atoms with Gasteiger partial charge in [-0.1, -0.05) is 31.5 Å². The molecule has 0 unspecified atom stereocenters. The Hall–Kier alpha value is -1.02. The van der Waals surface area contributed by atoms with Crippen LogP contribution in [0, 0.1) is 26.2 Å². The van der Waals surface area contributed by atoms with E-state index in [1.54, 1.807) is 0 Å². The van der Waals surface area contributed by atoms with Crippen molar-refractivity contribution in [3.8, 4) is 0 Å². The van der Waals surface area contributed by atoms with E-state index in [1.807, 2.05) is 20.8 Å². The molecule has 0 aliphatic rings. The van der Waals surface area contributed by atoms with E-state index >= 15 is 0 Å². The van der Waals surface area contributed by atoms with Gasteiger partial charge in [0.25, 0.3) is 5.91 Å². The maximum atomic E-state index is 12.4. The van der Waals surface area contributed by atoms with Gasteiger partial charge in [0.1, 0.15) is 0 Å². The first kappa shape index (κ1) is 17.0. The van der Waals surface area contributed by atoms with Crippen LogP contribution < -0.4 is 5.32 Å². The Labute approximate surface area is 127 Å². The third-order valence-corrected chi connectivity index (χ3v) is 4.88. The minimum atomic E-state index is 0.00369. The highest BCUT2D eigenvalue weighted by molar-refractivity contribution is 6.18. The highest BCUT2D eigenvalue weighted by Crippen LogP contribution is 2.27. The number of hydrogen-bond donors (Lipinski definition) is 1. The van der Waals surface area contributed by atoms with E-state index in [-0.39, 0.29) is 11.3 Å². The van der Waals surface area contributed by atoms with Gasteiger partial charge >= 0.3 is 0 Å². The lowest BCUT2D eigenvalue weighted by atomic mass is 9.84. The molecule has 1 N–H and O–H groups in total. The maximum absolute atomic E-state index is 12.4. The summed E-state index contributed by atoms with van der Waals surface area (Å²) in [7, 11) is 0. The number of aryl methyl sites for hydroxylation is 3. The predicted octanol–water partition coefficient (Wildman–Crippen LogP) is 4.39. The van der Waals surface area contributed by atoms with Gasteiger partial charge in [-0.05, 0) is 44.7 Å². The Morgan fingerprint density at radius 1 is 1.15 bits per heavy atom. The second-order valence-electron chi connectivity index (χ2n) is 5.80. The standard InChI is InChI=1S/C17H26ClNO/c1-6-17(7-2,10-18)11-19-16(20)15-13(4)8-12(3)9-14(15)5/h8-9H,6-7,10-11H2,1-5H3,(H,19,20). The topological polar surface area (TPSA) is 29.1 Å². The number of carbonyl (C=O) groups is 1. The van der Waals surface area contributed by atoms with Crippen molar-refractivity contribution < 1.29 is 4.79 Å². The van der Waals surface area contributed by atoms with E-state index in [0.717, 1.165) is 29.5 Å². The van der Waals surface area contributed by atoms with Gasteiger partial charge in [-0.2, -0.15) is 0 Å². The average Bonchev–Trinajstić information content (AvgIpc) is 2.39. The zero-order chi connectivity index (χ0) is 15.3. The van der Waals surface area contributed by atoms with Crippen LogP contribution in [-0.4, -0.2) is 18.3 Å². The first-order valence-corrected chi connectivity index (χ1v) is 7.84. The molecule has 0 heterocycles. The molecule has 0 saturated carbocycles. The highest BCUT2D eigenvalue weighted by atomic mass is 35.5. The number of halogens is 1. The van der Waals surface area contributed by atoms with Gasteiger partial charge in [-0.15, -0.1) is 11.6 Å². The molecule has 0 spiro atoms. The van der Waals surface area contributed by atoms with E-state index in [1.165, 1.54) is 5.56 Å². The molecule has 1 aromatic carbocycles. The summed E-state index contributed by atoms with van der Waals surface area (Å²) in [6, 6.07) is 4.10. The van der Waals surface area contributed by atoms with Crippen molar-refractivity contribution in [2.24, 2.45) is 5.41 Å². The van der Waals surface area contributed by atoms with Crippen molar-refractivity contribution in [1.82, 2.24) is 5.32 Å². The fraction of sp³-hybridized carbons (Fsp3) is 0.588. The molecule has 0 aromatic heterocycles. The van der Waals surface area contributed by atoms with Gasteiger partial charge in [0.15, 0.2) is 0 Å². The van der Waals surface area contributed by atoms with Gasteiger partial charge in [0.2, 0.25) is 0 Å².